The Morgan fingerprint density at radius 2 is 1.80 bits per heavy atom. The van der Waals surface area contributed by atoms with Crippen molar-refractivity contribution in [3.63, 3.8) is 0 Å². The van der Waals surface area contributed by atoms with Gasteiger partial charge in [0.2, 0.25) is 0 Å². The van der Waals surface area contributed by atoms with Gasteiger partial charge in [-0.05, 0) is 4.57 Å². The maximum absolute atomic E-state index is 10.8. The van der Waals surface area contributed by atoms with Gasteiger partial charge in [0.05, 0.1) is 7.11 Å². The molecule has 4 heteroatoms. The van der Waals surface area contributed by atoms with Crippen LogP contribution in [-0.4, -0.2) is 13.3 Å². The van der Waals surface area contributed by atoms with Gasteiger partial charge in [0.25, 0.3) is 0 Å². The van der Waals surface area contributed by atoms with Crippen LogP contribution in [0.2, 0.25) is 0 Å². The maximum atomic E-state index is 10.8. The molecular weight excluding hydrogens is 183 g/mol. The normalized spacial score (nSPS) is 12.2. The zero-order valence-electron chi connectivity index (χ0n) is 6.97. The quantitative estimate of drug-likeness (QED) is 0.501. The van der Waals surface area contributed by atoms with E-state index >= 15 is 0 Å². The van der Waals surface area contributed by atoms with Gasteiger partial charge < -0.3 is 0 Å². The second-order valence-electron chi connectivity index (χ2n) is 3.23. The molecule has 0 aliphatic rings. The summed E-state index contributed by atoms with van der Waals surface area (Å²) in [6, 6.07) is 0. The van der Waals surface area contributed by atoms with Gasteiger partial charge in [0.15, 0.2) is 6.16 Å². The molecule has 1 atom stereocenters. The minimum Gasteiger partial charge on any atom is -0.150 e. The predicted octanol–water partition coefficient (Wildman–Crippen LogP) is 2.42. The molecule has 0 aromatic heterocycles. The van der Waals surface area contributed by atoms with E-state index in [1.54, 1.807) is 0 Å². The third kappa shape index (κ3) is 8.77. The van der Waals surface area contributed by atoms with E-state index in [1.165, 1.54) is 7.11 Å². The van der Waals surface area contributed by atoms with Crippen molar-refractivity contribution in [2.75, 3.05) is 13.3 Å². The molecule has 0 amide bonds. The Kier molecular flexibility index (Phi) is 7.26. The zero-order valence-corrected chi connectivity index (χ0v) is 9.43. The van der Waals surface area contributed by atoms with E-state index in [0.717, 1.165) is 0 Å². The van der Waals surface area contributed by atoms with Crippen molar-refractivity contribution in [1.29, 1.82) is 0 Å². The molecule has 1 unspecified atom stereocenters. The Bertz CT molecular complexity index is 109. The molecule has 0 rings (SSSR count). The van der Waals surface area contributed by atoms with Crippen LogP contribution in [0.25, 0.3) is 0 Å². The predicted molar refractivity (Wildman–Crippen MR) is 38.9 cm³/mol. The molecule has 0 bridgehead atoms. The van der Waals surface area contributed by atoms with E-state index in [4.69, 9.17) is 0 Å². The number of rotatable bonds is 2. The second-order valence-corrected chi connectivity index (χ2v) is 4.58. The third-order valence-electron chi connectivity index (χ3n) is 0.807. The Morgan fingerprint density at radius 1 is 1.40 bits per heavy atom. The van der Waals surface area contributed by atoms with Crippen LogP contribution in [0.1, 0.15) is 20.8 Å². The van der Waals surface area contributed by atoms with Crippen molar-refractivity contribution in [2.45, 2.75) is 20.8 Å². The first-order chi connectivity index (χ1) is 3.95. The standard InChI is InChI=1S/C6H14O2P.Ti/c1-6(2,3)5-9(7)8-4;/h5H2,1-4H3;/q+1;. The molecule has 0 aromatic rings. The molecule has 0 N–H and O–H groups in total. The summed E-state index contributed by atoms with van der Waals surface area (Å²) in [6.45, 7) is 6.12. The average molecular weight is 197 g/mol. The Labute approximate surface area is 78.5 Å². The molecule has 2 nitrogen and oxygen atoms in total. The van der Waals surface area contributed by atoms with Crippen LogP contribution in [0.5, 0.6) is 0 Å². The second kappa shape index (κ2) is 5.43. The van der Waals surface area contributed by atoms with Crippen molar-refractivity contribution in [2.24, 2.45) is 5.41 Å². The summed E-state index contributed by atoms with van der Waals surface area (Å²) in [5, 5.41) is 0. The first-order valence-corrected chi connectivity index (χ1v) is 4.31. The summed E-state index contributed by atoms with van der Waals surface area (Å²) in [5.41, 5.74) is 0.115. The van der Waals surface area contributed by atoms with Crippen LogP contribution in [0.3, 0.4) is 0 Å². The van der Waals surface area contributed by atoms with Crippen molar-refractivity contribution in [1.82, 2.24) is 0 Å². The smallest absolute Gasteiger partial charge is 0.150 e. The maximum Gasteiger partial charge on any atom is 0.508 e. The summed E-state index contributed by atoms with van der Waals surface area (Å²) in [5.74, 6) is 0. The molecule has 0 radical (unpaired) electrons. The fourth-order valence-corrected chi connectivity index (χ4v) is 1.36. The van der Waals surface area contributed by atoms with Crippen LogP contribution in [0, 0.1) is 5.41 Å². The molecule has 58 valence electrons. The molecule has 0 aliphatic heterocycles. The van der Waals surface area contributed by atoms with Gasteiger partial charge in [-0.3, -0.25) is 0 Å². The monoisotopic (exact) mass is 197 g/mol. The van der Waals surface area contributed by atoms with Gasteiger partial charge in [-0.1, -0.05) is 20.8 Å². The third-order valence-corrected chi connectivity index (χ3v) is 2.42. The summed E-state index contributed by atoms with van der Waals surface area (Å²) in [4.78, 5) is 0. The molecule has 0 fully saturated rings. The zero-order chi connectivity index (χ0) is 7.49. The van der Waals surface area contributed by atoms with Gasteiger partial charge in [-0.15, -0.1) is 4.52 Å². The summed E-state index contributed by atoms with van der Waals surface area (Å²) >= 11 is 0. The van der Waals surface area contributed by atoms with Crippen molar-refractivity contribution < 1.29 is 30.8 Å². The van der Waals surface area contributed by atoms with Gasteiger partial charge in [0, 0.05) is 27.1 Å². The van der Waals surface area contributed by atoms with Crippen molar-refractivity contribution >= 4 is 8.03 Å². The van der Waals surface area contributed by atoms with E-state index in [0.29, 0.717) is 6.16 Å². The van der Waals surface area contributed by atoms with Crippen LogP contribution < -0.4 is 0 Å². The Balaban J connectivity index is 0. The first kappa shape index (κ1) is 13.4. The van der Waals surface area contributed by atoms with Gasteiger partial charge in [0.1, 0.15) is 0 Å². The van der Waals surface area contributed by atoms with Gasteiger partial charge in [-0.2, -0.15) is 0 Å². The summed E-state index contributed by atoms with van der Waals surface area (Å²) in [7, 11) is 0.0602. The van der Waals surface area contributed by atoms with E-state index in [9.17, 15) is 4.57 Å². The van der Waals surface area contributed by atoms with Crippen molar-refractivity contribution in [3.8, 4) is 0 Å². The molecule has 0 heterocycles. The first-order valence-electron chi connectivity index (χ1n) is 2.94. The van der Waals surface area contributed by atoms with E-state index in [1.807, 2.05) is 20.8 Å². The average Bonchev–Trinajstić information content (AvgIpc) is 1.62. The van der Waals surface area contributed by atoms with Crippen LogP contribution >= 0.6 is 8.03 Å². The van der Waals surface area contributed by atoms with Gasteiger partial charge in [-0.25, -0.2) is 0 Å². The topological polar surface area (TPSA) is 26.3 Å². The van der Waals surface area contributed by atoms with Gasteiger partial charge >= 0.3 is 8.03 Å². The largest absolute Gasteiger partial charge is 0.508 e. The Hall–Kier alpha value is 0.774. The molecule has 0 saturated carbocycles. The van der Waals surface area contributed by atoms with Crippen LogP contribution in [0.4, 0.5) is 0 Å². The van der Waals surface area contributed by atoms with Crippen LogP contribution in [-0.2, 0) is 30.8 Å². The SMILES string of the molecule is CO[P+](=O)CC(C)(C)C.[Ti]. The van der Waals surface area contributed by atoms with E-state index in [2.05, 4.69) is 4.52 Å². The van der Waals surface area contributed by atoms with Crippen molar-refractivity contribution in [3.05, 3.63) is 0 Å². The molecule has 0 spiro atoms. The number of hydrogen-bond donors (Lipinski definition) is 0. The fourth-order valence-electron chi connectivity index (χ4n) is 0.452. The summed E-state index contributed by atoms with van der Waals surface area (Å²) < 4.78 is 15.4. The minimum atomic E-state index is -1.42. The van der Waals surface area contributed by atoms with Crippen LogP contribution in [0.15, 0.2) is 0 Å². The summed E-state index contributed by atoms with van der Waals surface area (Å²) in [6.07, 6.45) is 0.638. The molecule has 0 saturated heterocycles. The molecular formula is C6H14O2PTi+. The number of hydrogen-bond acceptors (Lipinski definition) is 2. The fraction of sp³-hybridized carbons (Fsp3) is 1.00. The van der Waals surface area contributed by atoms with E-state index in [-0.39, 0.29) is 27.1 Å². The molecule has 0 aromatic carbocycles. The molecule has 0 aliphatic carbocycles. The Morgan fingerprint density at radius 3 is 1.90 bits per heavy atom. The minimum absolute atomic E-state index is 0. The molecule has 10 heavy (non-hydrogen) atoms. The van der Waals surface area contributed by atoms with E-state index < -0.39 is 8.03 Å².